The van der Waals surface area contributed by atoms with Crippen LogP contribution in [0.15, 0.2) is 78.9 Å². The van der Waals surface area contributed by atoms with Gasteiger partial charge in [0.05, 0.1) is 5.02 Å². The smallest absolute Gasteiger partial charge is 0.0505 e. The van der Waals surface area contributed by atoms with E-state index in [2.05, 4.69) is 78.9 Å². The molecule has 2 heteroatoms. The Morgan fingerprint density at radius 2 is 1.19 bits per heavy atom. The van der Waals surface area contributed by atoms with Gasteiger partial charge in [-0.05, 0) is 39.1 Å². The van der Waals surface area contributed by atoms with Crippen LogP contribution >= 0.6 is 22.9 Å². The van der Waals surface area contributed by atoms with Crippen LogP contribution in [-0.2, 0) is 0 Å². The molecule has 1 aromatic heterocycles. The van der Waals surface area contributed by atoms with Gasteiger partial charge < -0.3 is 0 Å². The highest BCUT2D eigenvalue weighted by atomic mass is 35.5. The van der Waals surface area contributed by atoms with Crippen LogP contribution in [0.2, 0.25) is 5.02 Å². The molecule has 26 heavy (non-hydrogen) atoms. The van der Waals surface area contributed by atoms with Crippen molar-refractivity contribution in [2.24, 2.45) is 0 Å². The summed E-state index contributed by atoms with van der Waals surface area (Å²) in [5.41, 5.74) is 0. The molecule has 6 rings (SSSR count). The zero-order chi connectivity index (χ0) is 17.3. The zero-order valence-electron chi connectivity index (χ0n) is 13.8. The van der Waals surface area contributed by atoms with Gasteiger partial charge in [-0.25, -0.2) is 0 Å². The van der Waals surface area contributed by atoms with Gasteiger partial charge in [0, 0.05) is 25.6 Å². The number of hydrogen-bond donors (Lipinski definition) is 0. The Balaban J connectivity index is 1.97. The molecule has 0 saturated carbocycles. The maximum Gasteiger partial charge on any atom is 0.0505 e. The van der Waals surface area contributed by atoms with E-state index in [-0.39, 0.29) is 0 Å². The first-order chi connectivity index (χ1) is 12.8. The fraction of sp³-hybridized carbons (Fsp3) is 0. The maximum absolute atomic E-state index is 6.81. The Hall–Kier alpha value is -2.61. The van der Waals surface area contributed by atoms with Gasteiger partial charge >= 0.3 is 0 Å². The number of halogens is 1. The molecule has 0 atom stereocenters. The second kappa shape index (κ2) is 5.20. The molecule has 0 unspecified atom stereocenters. The second-order valence-electron chi connectivity index (χ2n) is 6.71. The van der Waals surface area contributed by atoms with E-state index in [1.54, 1.807) is 0 Å². The van der Waals surface area contributed by atoms with E-state index in [4.69, 9.17) is 11.6 Å². The van der Waals surface area contributed by atoms with Crippen molar-refractivity contribution in [3.05, 3.63) is 83.9 Å². The molecule has 1 heterocycles. The van der Waals surface area contributed by atoms with E-state index in [9.17, 15) is 0 Å². The van der Waals surface area contributed by atoms with E-state index in [0.29, 0.717) is 0 Å². The van der Waals surface area contributed by atoms with Crippen molar-refractivity contribution in [2.75, 3.05) is 0 Å². The van der Waals surface area contributed by atoms with E-state index in [0.717, 1.165) is 5.02 Å². The third-order valence-corrected chi connectivity index (χ3v) is 6.76. The van der Waals surface area contributed by atoms with Crippen molar-refractivity contribution in [1.82, 2.24) is 0 Å². The van der Waals surface area contributed by atoms with Crippen LogP contribution in [0, 0.1) is 0 Å². The summed E-state index contributed by atoms with van der Waals surface area (Å²) >= 11 is 8.67. The Bertz CT molecular complexity index is 1490. The molecule has 0 N–H and O–H groups in total. The summed E-state index contributed by atoms with van der Waals surface area (Å²) in [6.45, 7) is 0. The lowest BCUT2D eigenvalue weighted by atomic mass is 9.98. The minimum Gasteiger partial charge on any atom is -0.134 e. The van der Waals surface area contributed by atoms with Gasteiger partial charge in [-0.15, -0.1) is 11.3 Å². The van der Waals surface area contributed by atoms with Crippen LogP contribution in [0.3, 0.4) is 0 Å². The molecule has 122 valence electrons. The molecule has 0 nitrogen and oxygen atoms in total. The summed E-state index contributed by atoms with van der Waals surface area (Å²) in [5, 5.41) is 10.9. The number of rotatable bonds is 0. The van der Waals surface area contributed by atoms with Crippen LogP contribution < -0.4 is 0 Å². The Kier molecular flexibility index (Phi) is 2.91. The van der Waals surface area contributed by atoms with Gasteiger partial charge in [-0.3, -0.25) is 0 Å². The van der Waals surface area contributed by atoms with Crippen LogP contribution in [-0.4, -0.2) is 0 Å². The first kappa shape index (κ1) is 14.5. The number of benzene rings is 5. The molecule has 0 saturated heterocycles. The van der Waals surface area contributed by atoms with Gasteiger partial charge in [0.1, 0.15) is 0 Å². The van der Waals surface area contributed by atoms with Crippen molar-refractivity contribution >= 4 is 75.4 Å². The van der Waals surface area contributed by atoms with Crippen molar-refractivity contribution < 1.29 is 0 Å². The maximum atomic E-state index is 6.81. The first-order valence-corrected chi connectivity index (χ1v) is 9.85. The Labute approximate surface area is 159 Å². The topological polar surface area (TPSA) is 0 Å². The summed E-state index contributed by atoms with van der Waals surface area (Å²) in [4.78, 5) is 0. The summed E-state index contributed by atoms with van der Waals surface area (Å²) in [6.07, 6.45) is 0. The molecular formula is C24H13ClS. The summed E-state index contributed by atoms with van der Waals surface area (Å²) in [6, 6.07) is 28.1. The van der Waals surface area contributed by atoms with E-state index in [1.807, 2.05) is 11.3 Å². The van der Waals surface area contributed by atoms with Gasteiger partial charge in [-0.1, -0.05) is 78.3 Å². The number of hydrogen-bond acceptors (Lipinski definition) is 1. The monoisotopic (exact) mass is 368 g/mol. The molecule has 0 radical (unpaired) electrons. The lowest BCUT2D eigenvalue weighted by molar-refractivity contribution is 1.80. The quantitative estimate of drug-likeness (QED) is 0.237. The minimum absolute atomic E-state index is 0.838. The van der Waals surface area contributed by atoms with Crippen molar-refractivity contribution in [1.29, 1.82) is 0 Å². The highest BCUT2D eigenvalue weighted by molar-refractivity contribution is 7.27. The molecule has 0 aliphatic rings. The van der Waals surface area contributed by atoms with E-state index < -0.39 is 0 Å². The average molecular weight is 369 g/mol. The molecule has 0 amide bonds. The number of fused-ring (bicyclic) bond motifs is 9. The largest absolute Gasteiger partial charge is 0.134 e. The van der Waals surface area contributed by atoms with Crippen molar-refractivity contribution in [3.8, 4) is 0 Å². The Morgan fingerprint density at radius 3 is 1.96 bits per heavy atom. The molecular weight excluding hydrogens is 356 g/mol. The molecule has 0 bridgehead atoms. The fourth-order valence-corrected chi connectivity index (χ4v) is 5.82. The molecule has 0 spiro atoms. The van der Waals surface area contributed by atoms with Gasteiger partial charge in [-0.2, -0.15) is 0 Å². The fourth-order valence-electron chi connectivity index (χ4n) is 4.14. The SMILES string of the molecule is Clc1cc2ccc3ccccc3c2c2sc3ccc4ccccc4c3c12. The third-order valence-electron chi connectivity index (χ3n) is 5.29. The molecule has 0 aliphatic carbocycles. The van der Waals surface area contributed by atoms with Crippen molar-refractivity contribution in [2.45, 2.75) is 0 Å². The highest BCUT2D eigenvalue weighted by Crippen LogP contribution is 2.46. The number of thiophene rings is 1. The summed E-state index contributed by atoms with van der Waals surface area (Å²) in [7, 11) is 0. The molecule has 0 fully saturated rings. The molecule has 5 aromatic carbocycles. The second-order valence-corrected chi connectivity index (χ2v) is 8.17. The van der Waals surface area contributed by atoms with Crippen LogP contribution in [0.4, 0.5) is 0 Å². The predicted molar refractivity (Wildman–Crippen MR) is 117 cm³/mol. The lowest BCUT2D eigenvalue weighted by Gasteiger charge is -2.07. The zero-order valence-corrected chi connectivity index (χ0v) is 15.4. The normalized spacial score (nSPS) is 12.0. The van der Waals surface area contributed by atoms with Crippen LogP contribution in [0.25, 0.3) is 52.5 Å². The van der Waals surface area contributed by atoms with Gasteiger partial charge in [0.25, 0.3) is 0 Å². The van der Waals surface area contributed by atoms with E-state index >= 15 is 0 Å². The van der Waals surface area contributed by atoms with E-state index in [1.165, 1.54) is 52.5 Å². The standard InChI is InChI=1S/C24H13ClS/c25-19-13-16-10-9-14-5-1-3-7-17(14)21(16)24-23(19)22-18-8-4-2-6-15(18)11-12-20(22)26-24/h1-13H. The average Bonchev–Trinajstić information content (AvgIpc) is 3.08. The lowest BCUT2D eigenvalue weighted by Crippen LogP contribution is -1.80. The molecule has 6 aromatic rings. The highest BCUT2D eigenvalue weighted by Gasteiger charge is 2.16. The first-order valence-electron chi connectivity index (χ1n) is 8.65. The van der Waals surface area contributed by atoms with Crippen LogP contribution in [0.5, 0.6) is 0 Å². The van der Waals surface area contributed by atoms with Crippen molar-refractivity contribution in [3.63, 3.8) is 0 Å². The summed E-state index contributed by atoms with van der Waals surface area (Å²) in [5.74, 6) is 0. The third kappa shape index (κ3) is 1.85. The summed E-state index contributed by atoms with van der Waals surface area (Å²) < 4.78 is 2.58. The predicted octanol–water partition coefficient (Wildman–Crippen LogP) is 8.17. The molecule has 0 aliphatic heterocycles. The van der Waals surface area contributed by atoms with Gasteiger partial charge in [0.15, 0.2) is 0 Å². The van der Waals surface area contributed by atoms with Gasteiger partial charge in [0.2, 0.25) is 0 Å². The minimum atomic E-state index is 0.838. The Morgan fingerprint density at radius 1 is 0.577 bits per heavy atom. The van der Waals surface area contributed by atoms with Crippen LogP contribution in [0.1, 0.15) is 0 Å².